The molecule has 29 heavy (non-hydrogen) atoms. The smallest absolute Gasteiger partial charge is 0.325 e. The number of nitrogens with zero attached hydrogens (tertiary/aromatic N) is 1. The minimum absolute atomic E-state index is 0.0346. The predicted molar refractivity (Wildman–Crippen MR) is 104 cm³/mol. The van der Waals surface area contributed by atoms with Crippen molar-refractivity contribution in [2.45, 2.75) is 51.2 Å². The SMILES string of the molecule is C[C@@H]1Oc2ccc(NC(=O)CN3C(=O)N[C@@]4(CCCC[C@H]4C)C3=O)cc2NC1=O. The van der Waals surface area contributed by atoms with E-state index in [2.05, 4.69) is 16.0 Å². The summed E-state index contributed by atoms with van der Waals surface area (Å²) in [5.74, 6) is -0.549. The first kappa shape index (κ1) is 19.2. The molecule has 4 rings (SSSR count). The highest BCUT2D eigenvalue weighted by molar-refractivity contribution is 6.10. The van der Waals surface area contributed by atoms with Gasteiger partial charge in [-0.3, -0.25) is 19.3 Å². The lowest BCUT2D eigenvalue weighted by Crippen LogP contribution is -2.54. The average molecular weight is 400 g/mol. The Morgan fingerprint density at radius 2 is 2.07 bits per heavy atom. The van der Waals surface area contributed by atoms with Crippen molar-refractivity contribution in [1.82, 2.24) is 10.2 Å². The summed E-state index contributed by atoms with van der Waals surface area (Å²) in [6.45, 7) is 3.24. The van der Waals surface area contributed by atoms with E-state index >= 15 is 0 Å². The van der Waals surface area contributed by atoms with Crippen LogP contribution in [0, 0.1) is 5.92 Å². The van der Waals surface area contributed by atoms with E-state index in [1.54, 1.807) is 25.1 Å². The van der Waals surface area contributed by atoms with E-state index in [9.17, 15) is 19.2 Å². The van der Waals surface area contributed by atoms with Gasteiger partial charge < -0.3 is 20.7 Å². The van der Waals surface area contributed by atoms with Gasteiger partial charge in [-0.2, -0.15) is 0 Å². The van der Waals surface area contributed by atoms with Crippen LogP contribution in [0.25, 0.3) is 0 Å². The van der Waals surface area contributed by atoms with Crippen molar-refractivity contribution in [2.24, 2.45) is 5.92 Å². The Labute approximate surface area is 168 Å². The summed E-state index contributed by atoms with van der Waals surface area (Å²) in [5.41, 5.74) is -0.00407. The number of amides is 5. The number of rotatable bonds is 3. The van der Waals surface area contributed by atoms with Crippen LogP contribution in [-0.2, 0) is 14.4 Å². The molecule has 1 aromatic carbocycles. The van der Waals surface area contributed by atoms with E-state index in [1.807, 2.05) is 6.92 Å². The number of ether oxygens (including phenoxy) is 1. The van der Waals surface area contributed by atoms with E-state index in [4.69, 9.17) is 4.74 Å². The molecule has 5 amide bonds. The Balaban J connectivity index is 1.44. The van der Waals surface area contributed by atoms with Crippen molar-refractivity contribution >= 4 is 35.1 Å². The lowest BCUT2D eigenvalue weighted by molar-refractivity contribution is -0.136. The third kappa shape index (κ3) is 3.30. The van der Waals surface area contributed by atoms with Gasteiger partial charge in [-0.15, -0.1) is 0 Å². The summed E-state index contributed by atoms with van der Waals surface area (Å²) in [6.07, 6.45) is 2.78. The van der Waals surface area contributed by atoms with Gasteiger partial charge in [0.05, 0.1) is 5.69 Å². The van der Waals surface area contributed by atoms with Gasteiger partial charge in [-0.05, 0) is 43.9 Å². The molecule has 3 atom stereocenters. The maximum Gasteiger partial charge on any atom is 0.325 e. The summed E-state index contributed by atoms with van der Waals surface area (Å²) < 4.78 is 5.48. The van der Waals surface area contributed by atoms with Crippen LogP contribution in [-0.4, -0.2) is 46.8 Å². The Hall–Kier alpha value is -3.10. The predicted octanol–water partition coefficient (Wildman–Crippen LogP) is 1.85. The Morgan fingerprint density at radius 3 is 2.83 bits per heavy atom. The van der Waals surface area contributed by atoms with Gasteiger partial charge in [0.1, 0.15) is 17.8 Å². The van der Waals surface area contributed by atoms with Gasteiger partial charge in [0, 0.05) is 5.69 Å². The zero-order valence-corrected chi connectivity index (χ0v) is 16.4. The minimum atomic E-state index is -0.889. The molecule has 0 aromatic heterocycles. The molecule has 9 nitrogen and oxygen atoms in total. The molecule has 0 radical (unpaired) electrons. The Bertz CT molecular complexity index is 901. The Morgan fingerprint density at radius 1 is 1.28 bits per heavy atom. The number of benzene rings is 1. The Kier molecular flexibility index (Phi) is 4.68. The van der Waals surface area contributed by atoms with Crippen molar-refractivity contribution in [3.63, 3.8) is 0 Å². The highest BCUT2D eigenvalue weighted by Crippen LogP contribution is 2.38. The monoisotopic (exact) mass is 400 g/mol. The van der Waals surface area contributed by atoms with Gasteiger partial charge in [-0.1, -0.05) is 19.8 Å². The van der Waals surface area contributed by atoms with Crippen LogP contribution in [0.2, 0.25) is 0 Å². The van der Waals surface area contributed by atoms with Crippen LogP contribution in [0.3, 0.4) is 0 Å². The second-order valence-electron chi connectivity index (χ2n) is 7.95. The fourth-order valence-corrected chi connectivity index (χ4v) is 4.27. The topological polar surface area (TPSA) is 117 Å². The quantitative estimate of drug-likeness (QED) is 0.670. The number of hydrogen-bond acceptors (Lipinski definition) is 5. The third-order valence-corrected chi connectivity index (χ3v) is 6.00. The molecule has 9 heteroatoms. The number of fused-ring (bicyclic) bond motifs is 1. The van der Waals surface area contributed by atoms with Gasteiger partial charge in [-0.25, -0.2) is 4.79 Å². The van der Waals surface area contributed by atoms with Crippen molar-refractivity contribution in [3.8, 4) is 5.75 Å². The van der Waals surface area contributed by atoms with Crippen LogP contribution >= 0.6 is 0 Å². The molecule has 2 aliphatic heterocycles. The first-order valence-corrected chi connectivity index (χ1v) is 9.86. The first-order valence-electron chi connectivity index (χ1n) is 9.86. The third-order valence-electron chi connectivity index (χ3n) is 6.00. The fourth-order valence-electron chi connectivity index (χ4n) is 4.27. The number of urea groups is 1. The molecule has 1 saturated carbocycles. The lowest BCUT2D eigenvalue weighted by Gasteiger charge is -2.36. The molecule has 1 spiro atoms. The summed E-state index contributed by atoms with van der Waals surface area (Å²) in [4.78, 5) is 50.6. The molecular weight excluding hydrogens is 376 g/mol. The molecule has 0 bridgehead atoms. The largest absolute Gasteiger partial charge is 0.479 e. The molecule has 1 aromatic rings. The van der Waals surface area contributed by atoms with E-state index in [1.165, 1.54) is 0 Å². The number of carbonyl (C=O) groups excluding carboxylic acids is 4. The molecule has 1 aliphatic carbocycles. The summed E-state index contributed by atoms with van der Waals surface area (Å²) in [5, 5.41) is 8.21. The van der Waals surface area contributed by atoms with E-state index in [-0.39, 0.29) is 24.3 Å². The number of imide groups is 1. The van der Waals surface area contributed by atoms with Crippen LogP contribution < -0.4 is 20.7 Å². The summed E-state index contributed by atoms with van der Waals surface area (Å²) in [6, 6.07) is 4.33. The average Bonchev–Trinajstić information content (AvgIpc) is 2.90. The van der Waals surface area contributed by atoms with Gasteiger partial charge in [0.15, 0.2) is 6.10 Å². The molecule has 154 valence electrons. The van der Waals surface area contributed by atoms with E-state index in [0.29, 0.717) is 23.5 Å². The van der Waals surface area contributed by atoms with E-state index < -0.39 is 23.6 Å². The highest BCUT2D eigenvalue weighted by atomic mass is 16.5. The van der Waals surface area contributed by atoms with Crippen molar-refractivity contribution in [2.75, 3.05) is 17.2 Å². The fraction of sp³-hybridized carbons (Fsp3) is 0.500. The first-order chi connectivity index (χ1) is 13.8. The van der Waals surface area contributed by atoms with Crippen molar-refractivity contribution < 1.29 is 23.9 Å². The highest BCUT2D eigenvalue weighted by Gasteiger charge is 2.55. The van der Waals surface area contributed by atoms with Gasteiger partial charge >= 0.3 is 6.03 Å². The molecule has 1 saturated heterocycles. The molecule has 2 fully saturated rings. The number of anilines is 2. The zero-order chi connectivity index (χ0) is 20.8. The molecule has 2 heterocycles. The van der Waals surface area contributed by atoms with Crippen LogP contribution in [0.1, 0.15) is 39.5 Å². The van der Waals surface area contributed by atoms with Gasteiger partial charge in [0.2, 0.25) is 5.91 Å². The maximum atomic E-state index is 12.9. The number of hydrogen-bond donors (Lipinski definition) is 3. The summed E-state index contributed by atoms with van der Waals surface area (Å²) >= 11 is 0. The van der Waals surface area contributed by atoms with Crippen LogP contribution in [0.15, 0.2) is 18.2 Å². The van der Waals surface area contributed by atoms with Crippen LogP contribution in [0.4, 0.5) is 16.2 Å². The maximum absolute atomic E-state index is 12.9. The number of carbonyl (C=O) groups is 4. The summed E-state index contributed by atoms with van der Waals surface area (Å²) in [7, 11) is 0. The molecular formula is C20H24N4O5. The van der Waals surface area contributed by atoms with Gasteiger partial charge in [0.25, 0.3) is 11.8 Å². The lowest BCUT2D eigenvalue weighted by atomic mass is 9.73. The second kappa shape index (κ2) is 7.06. The van der Waals surface area contributed by atoms with Crippen LogP contribution in [0.5, 0.6) is 5.75 Å². The van der Waals surface area contributed by atoms with E-state index in [0.717, 1.165) is 24.2 Å². The molecule has 3 aliphatic rings. The van der Waals surface area contributed by atoms with Crippen molar-refractivity contribution in [3.05, 3.63) is 18.2 Å². The normalized spacial score (nSPS) is 28.5. The molecule has 0 unspecified atom stereocenters. The number of nitrogens with one attached hydrogen (secondary N) is 3. The van der Waals surface area contributed by atoms with Crippen molar-refractivity contribution in [1.29, 1.82) is 0 Å². The second-order valence-corrected chi connectivity index (χ2v) is 7.95. The molecule has 3 N–H and O–H groups in total. The standard InChI is InChI=1S/C20H24N4O5/c1-11-5-3-4-8-20(11)18(27)24(19(28)23-20)10-16(25)21-13-6-7-15-14(9-13)22-17(26)12(2)29-15/h6-7,9,11-12H,3-5,8,10H2,1-2H3,(H,21,25)(H,22,26)(H,23,28)/t11-,12+,20-/m1/s1. The minimum Gasteiger partial charge on any atom is -0.479 e. The zero-order valence-electron chi connectivity index (χ0n) is 16.4.